The fourth-order valence-electron chi connectivity index (χ4n) is 2.72. The van der Waals surface area contributed by atoms with E-state index in [4.69, 9.17) is 4.74 Å². The van der Waals surface area contributed by atoms with Crippen LogP contribution in [0.2, 0.25) is 0 Å². The number of hydrogen-bond donors (Lipinski definition) is 0. The highest BCUT2D eigenvalue weighted by molar-refractivity contribution is 6.11. The molecule has 1 heterocycles. The average Bonchev–Trinajstić information content (AvgIpc) is 2.64. The number of hydrogen-bond acceptors (Lipinski definition) is 1. The number of aryl methyl sites for hydroxylation is 1. The summed E-state index contributed by atoms with van der Waals surface area (Å²) in [6, 6.07) is 29.1. The molecule has 1 aliphatic heterocycles. The van der Waals surface area contributed by atoms with Crippen molar-refractivity contribution in [2.24, 2.45) is 0 Å². The Balaban J connectivity index is 0.000000136. The van der Waals surface area contributed by atoms with Gasteiger partial charge in [0, 0.05) is 0 Å². The zero-order valence-electron chi connectivity index (χ0n) is 13.5. The van der Waals surface area contributed by atoms with E-state index in [0.717, 1.165) is 16.0 Å². The molecule has 0 N–H and O–H groups in total. The summed E-state index contributed by atoms with van der Waals surface area (Å²) < 4.78 is 5.69. The molecule has 1 aliphatic rings. The lowest BCUT2D eigenvalue weighted by molar-refractivity contribution is 0.248. The molecule has 2 heteroatoms. The first kappa shape index (κ1) is 15.6. The van der Waals surface area contributed by atoms with Crippen LogP contribution in [-0.2, 0) is 6.42 Å². The van der Waals surface area contributed by atoms with Gasteiger partial charge in [0.15, 0.2) is 0 Å². The molecule has 0 aliphatic carbocycles. The Labute approximate surface area is 141 Å². The second-order valence-electron chi connectivity index (χ2n) is 5.81. The first-order chi connectivity index (χ1) is 11.3. The zero-order chi connectivity index (χ0) is 15.9. The van der Waals surface area contributed by atoms with Gasteiger partial charge in [-0.25, -0.2) is 0 Å². The van der Waals surface area contributed by atoms with E-state index in [9.17, 15) is 0 Å². The molecule has 4 rings (SSSR count). The predicted octanol–water partition coefficient (Wildman–Crippen LogP) is 4.06. The Hall–Kier alpha value is -2.32. The summed E-state index contributed by atoms with van der Waals surface area (Å²) in [5.41, 5.74) is 4.46. The lowest BCUT2D eigenvalue weighted by Gasteiger charge is -2.22. The molecule has 0 amide bonds. The van der Waals surface area contributed by atoms with E-state index in [1.54, 1.807) is 0 Å². The van der Waals surface area contributed by atoms with Crippen LogP contribution in [0.1, 0.15) is 12.0 Å². The minimum atomic E-state index is 0.532. The van der Waals surface area contributed by atoms with Gasteiger partial charge in [-0.15, -0.1) is 0 Å². The van der Waals surface area contributed by atoms with Gasteiger partial charge in [-0.05, 0) is 35.6 Å². The Morgan fingerprint density at radius 3 is 1.83 bits per heavy atom. The van der Waals surface area contributed by atoms with E-state index in [2.05, 4.69) is 66.7 Å². The summed E-state index contributed by atoms with van der Waals surface area (Å²) in [6.07, 6.45) is 2.41. The van der Waals surface area contributed by atoms with Crippen molar-refractivity contribution in [3.8, 4) is 16.9 Å². The van der Waals surface area contributed by atoms with Crippen LogP contribution in [0.3, 0.4) is 0 Å². The SMILES string of the molecule is [SiH3]C1CCc2ccccc2O1.c1ccc(-c2ccccc2)cc1. The standard InChI is InChI=1S/C12H10.C9H12OSi/c1-3-7-11(8-4-1)12-9-5-2-6-10-12;11-9-6-5-7-3-1-2-4-8(7)10-9/h1-10H;1-4,9H,5-6H2,11H3. The normalized spacial score (nSPS) is 15.7. The maximum atomic E-state index is 5.69. The van der Waals surface area contributed by atoms with Gasteiger partial charge < -0.3 is 4.74 Å². The van der Waals surface area contributed by atoms with Crippen LogP contribution in [0.5, 0.6) is 5.75 Å². The van der Waals surface area contributed by atoms with Crippen LogP contribution in [0.4, 0.5) is 0 Å². The molecule has 1 unspecified atom stereocenters. The largest absolute Gasteiger partial charge is 0.495 e. The fraction of sp³-hybridized carbons (Fsp3) is 0.143. The van der Waals surface area contributed by atoms with E-state index in [-0.39, 0.29) is 0 Å². The third kappa shape index (κ3) is 4.33. The van der Waals surface area contributed by atoms with E-state index >= 15 is 0 Å². The second kappa shape index (κ2) is 7.79. The molecule has 0 aromatic heterocycles. The first-order valence-electron chi connectivity index (χ1n) is 8.18. The van der Waals surface area contributed by atoms with Crippen molar-refractivity contribution in [1.82, 2.24) is 0 Å². The molecule has 0 fully saturated rings. The van der Waals surface area contributed by atoms with Gasteiger partial charge >= 0.3 is 0 Å². The number of fused-ring (bicyclic) bond motifs is 1. The van der Waals surface area contributed by atoms with Crippen molar-refractivity contribution in [1.29, 1.82) is 0 Å². The van der Waals surface area contributed by atoms with E-state index in [1.807, 2.05) is 18.2 Å². The number of para-hydroxylation sites is 1. The molecule has 0 radical (unpaired) electrons. The Morgan fingerprint density at radius 2 is 1.22 bits per heavy atom. The second-order valence-corrected chi connectivity index (χ2v) is 7.09. The van der Waals surface area contributed by atoms with Crippen molar-refractivity contribution >= 4 is 10.2 Å². The van der Waals surface area contributed by atoms with Gasteiger partial charge in [0.05, 0.1) is 16.0 Å². The van der Waals surface area contributed by atoms with Gasteiger partial charge in [0.1, 0.15) is 5.75 Å². The molecule has 0 spiro atoms. The summed E-state index contributed by atoms with van der Waals surface area (Å²) >= 11 is 0. The summed E-state index contributed by atoms with van der Waals surface area (Å²) in [6.45, 7) is 0. The maximum absolute atomic E-state index is 5.69. The summed E-state index contributed by atoms with van der Waals surface area (Å²) in [7, 11) is 1.15. The summed E-state index contributed by atoms with van der Waals surface area (Å²) in [4.78, 5) is 0. The third-order valence-electron chi connectivity index (χ3n) is 4.00. The molecule has 116 valence electrons. The molecular formula is C21H22OSi. The maximum Gasteiger partial charge on any atom is 0.122 e. The van der Waals surface area contributed by atoms with E-state index in [1.165, 1.54) is 29.5 Å². The monoisotopic (exact) mass is 318 g/mol. The molecule has 1 nitrogen and oxygen atoms in total. The van der Waals surface area contributed by atoms with Gasteiger partial charge in [-0.2, -0.15) is 0 Å². The summed E-state index contributed by atoms with van der Waals surface area (Å²) in [5, 5.41) is 0. The van der Waals surface area contributed by atoms with Crippen molar-refractivity contribution in [2.45, 2.75) is 18.6 Å². The fourth-order valence-corrected chi connectivity index (χ4v) is 3.26. The minimum absolute atomic E-state index is 0.532. The molecule has 3 aromatic rings. The smallest absolute Gasteiger partial charge is 0.122 e. The molecule has 0 saturated heterocycles. The lowest BCUT2D eigenvalue weighted by atomic mass is 10.1. The predicted molar refractivity (Wildman–Crippen MR) is 101 cm³/mol. The highest BCUT2D eigenvalue weighted by Gasteiger charge is 2.13. The van der Waals surface area contributed by atoms with Crippen molar-refractivity contribution in [2.75, 3.05) is 0 Å². The molecule has 0 saturated carbocycles. The summed E-state index contributed by atoms with van der Waals surface area (Å²) in [5.74, 6) is 1.11. The van der Waals surface area contributed by atoms with Crippen LogP contribution in [-0.4, -0.2) is 16.0 Å². The van der Waals surface area contributed by atoms with Crippen LogP contribution in [0.15, 0.2) is 84.9 Å². The van der Waals surface area contributed by atoms with E-state index in [0.29, 0.717) is 5.73 Å². The molecule has 1 atom stereocenters. The highest BCUT2D eigenvalue weighted by Crippen LogP contribution is 2.25. The van der Waals surface area contributed by atoms with Gasteiger partial charge in [0.25, 0.3) is 0 Å². The average molecular weight is 318 g/mol. The van der Waals surface area contributed by atoms with Crippen LogP contribution < -0.4 is 4.74 Å². The van der Waals surface area contributed by atoms with Gasteiger partial charge in [0.2, 0.25) is 0 Å². The first-order valence-corrected chi connectivity index (χ1v) is 9.33. The molecule has 23 heavy (non-hydrogen) atoms. The van der Waals surface area contributed by atoms with Crippen LogP contribution >= 0.6 is 0 Å². The number of benzene rings is 3. The Bertz CT molecular complexity index is 688. The van der Waals surface area contributed by atoms with Crippen molar-refractivity contribution < 1.29 is 4.74 Å². The van der Waals surface area contributed by atoms with Crippen LogP contribution in [0.25, 0.3) is 11.1 Å². The minimum Gasteiger partial charge on any atom is -0.495 e. The molecule has 0 bridgehead atoms. The van der Waals surface area contributed by atoms with Crippen molar-refractivity contribution in [3.63, 3.8) is 0 Å². The van der Waals surface area contributed by atoms with Crippen LogP contribution in [0, 0.1) is 0 Å². The van der Waals surface area contributed by atoms with E-state index < -0.39 is 0 Å². The number of ether oxygens (including phenoxy) is 1. The topological polar surface area (TPSA) is 9.23 Å². The lowest BCUT2D eigenvalue weighted by Crippen LogP contribution is -2.22. The van der Waals surface area contributed by atoms with Crippen molar-refractivity contribution in [3.05, 3.63) is 90.5 Å². The third-order valence-corrected chi connectivity index (χ3v) is 4.81. The van der Waals surface area contributed by atoms with Gasteiger partial charge in [-0.3, -0.25) is 0 Å². The molecule has 3 aromatic carbocycles. The molecular weight excluding hydrogens is 296 g/mol. The Kier molecular flexibility index (Phi) is 5.28. The number of rotatable bonds is 1. The Morgan fingerprint density at radius 1 is 0.696 bits per heavy atom. The quantitative estimate of drug-likeness (QED) is 0.615. The van der Waals surface area contributed by atoms with Gasteiger partial charge in [-0.1, -0.05) is 78.9 Å². The zero-order valence-corrected chi connectivity index (χ0v) is 15.5. The highest BCUT2D eigenvalue weighted by atomic mass is 28.1.